The second kappa shape index (κ2) is 7.81. The molecule has 1 aromatic carbocycles. The number of benzene rings is 1. The van der Waals surface area contributed by atoms with Crippen LogP contribution in [0, 0.1) is 0 Å². The van der Waals surface area contributed by atoms with Crippen molar-refractivity contribution in [2.45, 2.75) is 38.3 Å². The van der Waals surface area contributed by atoms with Gasteiger partial charge < -0.3 is 14.4 Å². The number of carbonyl (C=O) groups excluding carboxylic acids is 2. The Morgan fingerprint density at radius 2 is 1.96 bits per heavy atom. The molecule has 0 unspecified atom stereocenters. The van der Waals surface area contributed by atoms with Crippen molar-refractivity contribution >= 4 is 11.9 Å². The van der Waals surface area contributed by atoms with Gasteiger partial charge in [-0.1, -0.05) is 30.3 Å². The van der Waals surface area contributed by atoms with Gasteiger partial charge in [-0.3, -0.25) is 4.79 Å². The molecule has 0 spiro atoms. The minimum Gasteiger partial charge on any atom is -0.469 e. The summed E-state index contributed by atoms with van der Waals surface area (Å²) in [6.07, 6.45) is 3.39. The van der Waals surface area contributed by atoms with Crippen LogP contribution in [0.15, 0.2) is 42.1 Å². The Bertz CT molecular complexity index is 582. The van der Waals surface area contributed by atoms with Gasteiger partial charge >= 0.3 is 11.9 Å². The molecule has 2 rings (SSSR count). The summed E-state index contributed by atoms with van der Waals surface area (Å²) in [5.41, 5.74) is 2.04. The molecular formula is C18H23NO4. The lowest BCUT2D eigenvalue weighted by Crippen LogP contribution is -2.33. The Morgan fingerprint density at radius 1 is 1.26 bits per heavy atom. The van der Waals surface area contributed by atoms with Gasteiger partial charge in [0.05, 0.1) is 26.7 Å². The summed E-state index contributed by atoms with van der Waals surface area (Å²) in [6, 6.07) is 10.1. The van der Waals surface area contributed by atoms with E-state index in [9.17, 15) is 9.59 Å². The van der Waals surface area contributed by atoms with E-state index in [0.29, 0.717) is 6.42 Å². The number of allylic oxidation sites excluding steroid dienone is 1. The molecule has 0 amide bonds. The Labute approximate surface area is 136 Å². The zero-order valence-corrected chi connectivity index (χ0v) is 13.8. The standard InChI is InChI=1S/C18H23NO4/c1-13(14-7-5-4-6-8-14)19-15(11-17(20)22-2)9-10-16(19)12-18(21)23-3/h4-8,11,13,16H,9-10,12H2,1-3H3/b15-11+/t13-,16+/m1/s1. The summed E-state index contributed by atoms with van der Waals surface area (Å²) < 4.78 is 9.56. The van der Waals surface area contributed by atoms with Crippen LogP contribution in [0.3, 0.4) is 0 Å². The number of carbonyl (C=O) groups is 2. The van der Waals surface area contributed by atoms with Crippen molar-refractivity contribution in [1.29, 1.82) is 0 Å². The maximum atomic E-state index is 11.7. The van der Waals surface area contributed by atoms with E-state index in [2.05, 4.69) is 11.8 Å². The van der Waals surface area contributed by atoms with Crippen LogP contribution >= 0.6 is 0 Å². The van der Waals surface area contributed by atoms with Crippen molar-refractivity contribution in [2.75, 3.05) is 14.2 Å². The molecule has 0 N–H and O–H groups in total. The molecule has 1 aliphatic heterocycles. The average molecular weight is 317 g/mol. The van der Waals surface area contributed by atoms with Crippen LogP contribution in [0.25, 0.3) is 0 Å². The molecule has 0 bridgehead atoms. The second-order valence-corrected chi connectivity index (χ2v) is 5.63. The highest BCUT2D eigenvalue weighted by atomic mass is 16.5. The van der Waals surface area contributed by atoms with E-state index in [1.165, 1.54) is 20.3 Å². The summed E-state index contributed by atoms with van der Waals surface area (Å²) in [5.74, 6) is -0.608. The number of methoxy groups -OCH3 is 2. The number of rotatable bonds is 5. The van der Waals surface area contributed by atoms with E-state index in [-0.39, 0.29) is 24.0 Å². The third-order valence-electron chi connectivity index (χ3n) is 4.27. The fourth-order valence-electron chi connectivity index (χ4n) is 3.09. The molecule has 23 heavy (non-hydrogen) atoms. The molecule has 1 aliphatic rings. The van der Waals surface area contributed by atoms with E-state index < -0.39 is 0 Å². The molecule has 2 atom stereocenters. The van der Waals surface area contributed by atoms with Crippen LogP contribution < -0.4 is 0 Å². The summed E-state index contributed by atoms with van der Waals surface area (Å²) in [4.78, 5) is 25.5. The minimum absolute atomic E-state index is 0.0218. The van der Waals surface area contributed by atoms with Crippen molar-refractivity contribution < 1.29 is 19.1 Å². The van der Waals surface area contributed by atoms with Crippen LogP contribution in [0.5, 0.6) is 0 Å². The number of ether oxygens (including phenoxy) is 2. The molecule has 5 heteroatoms. The van der Waals surface area contributed by atoms with Gasteiger partial charge in [0.1, 0.15) is 0 Å². The van der Waals surface area contributed by atoms with Gasteiger partial charge in [0.2, 0.25) is 0 Å². The molecule has 1 fully saturated rings. The summed E-state index contributed by atoms with van der Waals surface area (Å²) in [5, 5.41) is 0. The fraction of sp³-hybridized carbons (Fsp3) is 0.444. The lowest BCUT2D eigenvalue weighted by atomic mass is 10.0. The van der Waals surface area contributed by atoms with Crippen LogP contribution in [0.1, 0.15) is 37.8 Å². The van der Waals surface area contributed by atoms with Crippen LogP contribution in [-0.4, -0.2) is 37.1 Å². The highest BCUT2D eigenvalue weighted by Crippen LogP contribution is 2.37. The summed E-state index contributed by atoms with van der Waals surface area (Å²) in [6.45, 7) is 2.08. The lowest BCUT2D eigenvalue weighted by Gasteiger charge is -2.34. The van der Waals surface area contributed by atoms with Gasteiger partial charge in [0.25, 0.3) is 0 Å². The van der Waals surface area contributed by atoms with Gasteiger partial charge in [0, 0.05) is 17.8 Å². The molecule has 0 radical (unpaired) electrons. The predicted molar refractivity (Wildman–Crippen MR) is 86.5 cm³/mol. The highest BCUT2D eigenvalue weighted by molar-refractivity contribution is 5.82. The SMILES string of the molecule is COC(=O)/C=C1\CC[C@@H](CC(=O)OC)N1[C@H](C)c1ccccc1. The molecule has 1 heterocycles. The predicted octanol–water partition coefficient (Wildman–Crippen LogP) is 2.83. The molecule has 1 saturated heterocycles. The zero-order valence-electron chi connectivity index (χ0n) is 13.8. The third kappa shape index (κ3) is 4.12. The number of likely N-dealkylation sites (tertiary alicyclic amines) is 1. The number of hydrogen-bond donors (Lipinski definition) is 0. The summed E-state index contributed by atoms with van der Waals surface area (Å²) >= 11 is 0. The minimum atomic E-state index is -0.371. The van der Waals surface area contributed by atoms with E-state index in [4.69, 9.17) is 9.47 Å². The van der Waals surface area contributed by atoms with Crippen molar-refractivity contribution in [2.24, 2.45) is 0 Å². The van der Waals surface area contributed by atoms with Crippen LogP contribution in [0.4, 0.5) is 0 Å². The maximum absolute atomic E-state index is 11.7. The van der Waals surface area contributed by atoms with Crippen LogP contribution in [-0.2, 0) is 19.1 Å². The van der Waals surface area contributed by atoms with Crippen molar-refractivity contribution in [3.63, 3.8) is 0 Å². The maximum Gasteiger partial charge on any atom is 0.332 e. The Balaban J connectivity index is 2.29. The first-order valence-corrected chi connectivity index (χ1v) is 7.75. The Kier molecular flexibility index (Phi) is 5.79. The van der Waals surface area contributed by atoms with Crippen molar-refractivity contribution in [3.05, 3.63) is 47.7 Å². The monoisotopic (exact) mass is 317 g/mol. The first kappa shape index (κ1) is 17.1. The molecule has 0 aromatic heterocycles. The van der Waals surface area contributed by atoms with E-state index in [1.807, 2.05) is 30.3 Å². The molecule has 0 saturated carbocycles. The number of hydrogen-bond acceptors (Lipinski definition) is 5. The lowest BCUT2D eigenvalue weighted by molar-refractivity contribution is -0.141. The molecular weight excluding hydrogens is 294 g/mol. The molecule has 124 valence electrons. The van der Waals surface area contributed by atoms with Gasteiger partial charge in [-0.25, -0.2) is 4.79 Å². The second-order valence-electron chi connectivity index (χ2n) is 5.63. The molecule has 5 nitrogen and oxygen atoms in total. The number of nitrogens with zero attached hydrogens (tertiary/aromatic N) is 1. The zero-order chi connectivity index (χ0) is 16.8. The number of esters is 2. The van der Waals surface area contributed by atoms with Crippen molar-refractivity contribution in [1.82, 2.24) is 4.90 Å². The quantitative estimate of drug-likeness (QED) is 0.617. The average Bonchev–Trinajstić information content (AvgIpc) is 2.96. The first-order chi connectivity index (χ1) is 11.1. The third-order valence-corrected chi connectivity index (χ3v) is 4.27. The fourth-order valence-corrected chi connectivity index (χ4v) is 3.09. The Hall–Kier alpha value is -2.30. The molecule has 1 aromatic rings. The highest BCUT2D eigenvalue weighted by Gasteiger charge is 2.34. The summed E-state index contributed by atoms with van der Waals surface area (Å²) in [7, 11) is 2.76. The van der Waals surface area contributed by atoms with Gasteiger partial charge in [-0.15, -0.1) is 0 Å². The van der Waals surface area contributed by atoms with E-state index in [0.717, 1.165) is 24.1 Å². The largest absolute Gasteiger partial charge is 0.469 e. The van der Waals surface area contributed by atoms with Crippen LogP contribution in [0.2, 0.25) is 0 Å². The van der Waals surface area contributed by atoms with Gasteiger partial charge in [-0.2, -0.15) is 0 Å². The van der Waals surface area contributed by atoms with Crippen molar-refractivity contribution in [3.8, 4) is 0 Å². The van der Waals surface area contributed by atoms with Gasteiger partial charge in [0.15, 0.2) is 0 Å². The van der Waals surface area contributed by atoms with E-state index in [1.54, 1.807) is 0 Å². The topological polar surface area (TPSA) is 55.8 Å². The van der Waals surface area contributed by atoms with E-state index >= 15 is 0 Å². The smallest absolute Gasteiger partial charge is 0.332 e. The normalized spacial score (nSPS) is 20.4. The molecule has 0 aliphatic carbocycles. The van der Waals surface area contributed by atoms with Gasteiger partial charge in [-0.05, 0) is 25.3 Å². The first-order valence-electron chi connectivity index (χ1n) is 7.75. The Morgan fingerprint density at radius 3 is 2.57 bits per heavy atom.